The highest BCUT2D eigenvalue weighted by Crippen LogP contribution is 2.32. The summed E-state index contributed by atoms with van der Waals surface area (Å²) in [7, 11) is 4.21. The van der Waals surface area contributed by atoms with E-state index in [-0.39, 0.29) is 30.5 Å². The Bertz CT molecular complexity index is 559. The molecule has 1 aliphatic carbocycles. The van der Waals surface area contributed by atoms with Crippen molar-refractivity contribution < 1.29 is 14.3 Å². The molecule has 5 nitrogen and oxygen atoms in total. The van der Waals surface area contributed by atoms with Crippen molar-refractivity contribution in [3.8, 4) is 11.5 Å². The number of amides is 1. The van der Waals surface area contributed by atoms with E-state index in [0.29, 0.717) is 18.0 Å². The molecule has 0 aromatic heterocycles. The molecule has 0 bridgehead atoms. The van der Waals surface area contributed by atoms with Crippen LogP contribution in [0.1, 0.15) is 32.1 Å². The number of benzene rings is 1. The van der Waals surface area contributed by atoms with Crippen LogP contribution in [-0.2, 0) is 4.79 Å². The summed E-state index contributed by atoms with van der Waals surface area (Å²) in [5, 5.41) is 3.09. The molecule has 134 valence electrons. The molecule has 1 aliphatic heterocycles. The van der Waals surface area contributed by atoms with E-state index in [2.05, 4.69) is 24.3 Å². The topological polar surface area (TPSA) is 50.8 Å². The predicted molar refractivity (Wildman–Crippen MR) is 96.1 cm³/mol. The Hall–Kier alpha value is -1.46. The van der Waals surface area contributed by atoms with Gasteiger partial charge in [-0.15, -0.1) is 12.4 Å². The van der Waals surface area contributed by atoms with Crippen LogP contribution >= 0.6 is 12.4 Å². The summed E-state index contributed by atoms with van der Waals surface area (Å²) in [4.78, 5) is 14.7. The van der Waals surface area contributed by atoms with Crippen LogP contribution in [0.4, 0.5) is 0 Å². The maximum Gasteiger partial charge on any atom is 0.264 e. The highest BCUT2D eigenvalue weighted by molar-refractivity contribution is 5.85. The summed E-state index contributed by atoms with van der Waals surface area (Å²) in [6.07, 6.45) is 5.43. The third-order valence-corrected chi connectivity index (χ3v) is 5.13. The van der Waals surface area contributed by atoms with E-state index >= 15 is 0 Å². The zero-order valence-corrected chi connectivity index (χ0v) is 15.2. The first-order chi connectivity index (χ1) is 11.1. The summed E-state index contributed by atoms with van der Waals surface area (Å²) in [6, 6.07) is 7.46. The molecule has 24 heavy (non-hydrogen) atoms. The van der Waals surface area contributed by atoms with Gasteiger partial charge in [-0.3, -0.25) is 4.79 Å². The van der Waals surface area contributed by atoms with Crippen molar-refractivity contribution in [2.24, 2.45) is 0 Å². The number of hydrogen-bond donors (Lipinski definition) is 1. The summed E-state index contributed by atoms with van der Waals surface area (Å²) in [6.45, 7) is 0.929. The average Bonchev–Trinajstić information content (AvgIpc) is 2.60. The van der Waals surface area contributed by atoms with Gasteiger partial charge < -0.3 is 19.7 Å². The Morgan fingerprint density at radius 3 is 2.54 bits per heavy atom. The molecule has 1 atom stereocenters. The van der Waals surface area contributed by atoms with Gasteiger partial charge in [0.2, 0.25) is 6.10 Å². The first kappa shape index (κ1) is 18.9. The Labute approximate surface area is 150 Å². The number of rotatable bonds is 4. The van der Waals surface area contributed by atoms with Gasteiger partial charge in [-0.25, -0.2) is 0 Å². The molecular weight excluding hydrogens is 328 g/mol. The lowest BCUT2D eigenvalue weighted by molar-refractivity contribution is -0.131. The summed E-state index contributed by atoms with van der Waals surface area (Å²) in [5.74, 6) is 1.25. The van der Waals surface area contributed by atoms with Crippen LogP contribution in [0.25, 0.3) is 0 Å². The van der Waals surface area contributed by atoms with E-state index in [0.717, 1.165) is 12.8 Å². The lowest BCUT2D eigenvalue weighted by Crippen LogP contribution is -2.56. The average molecular weight is 355 g/mol. The molecule has 1 heterocycles. The van der Waals surface area contributed by atoms with Gasteiger partial charge in [-0.1, -0.05) is 31.4 Å². The fourth-order valence-electron chi connectivity index (χ4n) is 3.51. The first-order valence-corrected chi connectivity index (χ1v) is 8.44. The number of ether oxygens (including phenoxy) is 2. The summed E-state index contributed by atoms with van der Waals surface area (Å²) >= 11 is 0. The monoisotopic (exact) mass is 354 g/mol. The number of carbonyl (C=O) groups excluding carboxylic acids is 1. The van der Waals surface area contributed by atoms with Crippen LogP contribution < -0.4 is 14.8 Å². The molecule has 2 aliphatic rings. The second kappa shape index (κ2) is 8.08. The van der Waals surface area contributed by atoms with Gasteiger partial charge >= 0.3 is 0 Å². The van der Waals surface area contributed by atoms with Gasteiger partial charge in [0, 0.05) is 12.1 Å². The zero-order chi connectivity index (χ0) is 16.3. The van der Waals surface area contributed by atoms with Gasteiger partial charge in [0.1, 0.15) is 6.61 Å². The maximum atomic E-state index is 12.5. The Morgan fingerprint density at radius 1 is 1.21 bits per heavy atom. The zero-order valence-electron chi connectivity index (χ0n) is 14.4. The number of fused-ring (bicyclic) bond motifs is 1. The SMILES string of the molecule is CN(C)C1(CNC(=O)C2COc3ccccc3O2)CCCCC1.Cl. The molecule has 1 fully saturated rings. The van der Waals surface area contributed by atoms with E-state index in [1.807, 2.05) is 24.3 Å². The van der Waals surface area contributed by atoms with Crippen LogP contribution in [0.15, 0.2) is 24.3 Å². The van der Waals surface area contributed by atoms with Crippen LogP contribution in [0.2, 0.25) is 0 Å². The lowest BCUT2D eigenvalue weighted by Gasteiger charge is -2.43. The van der Waals surface area contributed by atoms with E-state index < -0.39 is 6.10 Å². The number of para-hydroxylation sites is 2. The molecule has 1 aromatic rings. The minimum Gasteiger partial charge on any atom is -0.485 e. The maximum absolute atomic E-state index is 12.5. The van der Waals surface area contributed by atoms with Gasteiger partial charge in [0.25, 0.3) is 5.91 Å². The highest BCUT2D eigenvalue weighted by atomic mass is 35.5. The van der Waals surface area contributed by atoms with E-state index in [4.69, 9.17) is 9.47 Å². The molecule has 1 amide bonds. The lowest BCUT2D eigenvalue weighted by atomic mass is 9.80. The normalized spacial score (nSPS) is 21.7. The third-order valence-electron chi connectivity index (χ3n) is 5.13. The quantitative estimate of drug-likeness (QED) is 0.903. The third kappa shape index (κ3) is 3.95. The molecular formula is C18H27ClN2O3. The van der Waals surface area contributed by atoms with Crippen molar-refractivity contribution in [2.45, 2.75) is 43.7 Å². The number of hydrogen-bond acceptors (Lipinski definition) is 4. The number of likely N-dealkylation sites (N-methyl/N-ethyl adjacent to an activating group) is 1. The van der Waals surface area contributed by atoms with Crippen LogP contribution in [0.3, 0.4) is 0 Å². The van der Waals surface area contributed by atoms with Gasteiger partial charge in [0.05, 0.1) is 0 Å². The molecule has 1 unspecified atom stereocenters. The Kier molecular flexibility index (Phi) is 6.35. The van der Waals surface area contributed by atoms with Gasteiger partial charge in [-0.2, -0.15) is 0 Å². The second-order valence-corrected chi connectivity index (χ2v) is 6.76. The van der Waals surface area contributed by atoms with Crippen LogP contribution in [0.5, 0.6) is 11.5 Å². The van der Waals surface area contributed by atoms with Gasteiger partial charge in [-0.05, 0) is 39.1 Å². The largest absolute Gasteiger partial charge is 0.485 e. The smallest absolute Gasteiger partial charge is 0.264 e. The number of nitrogens with zero attached hydrogens (tertiary/aromatic N) is 1. The molecule has 0 spiro atoms. The van der Waals surface area contributed by atoms with Crippen LogP contribution in [0, 0.1) is 0 Å². The predicted octanol–water partition coefficient (Wildman–Crippen LogP) is 2.63. The minimum atomic E-state index is -0.576. The van der Waals surface area contributed by atoms with Crippen molar-refractivity contribution in [3.05, 3.63) is 24.3 Å². The molecule has 0 saturated heterocycles. The summed E-state index contributed by atoms with van der Waals surface area (Å²) in [5.41, 5.74) is 0.0708. The molecule has 0 radical (unpaired) electrons. The number of carbonyl (C=O) groups is 1. The van der Waals surface area contributed by atoms with E-state index in [1.165, 1.54) is 19.3 Å². The van der Waals surface area contributed by atoms with Crippen molar-refractivity contribution in [1.82, 2.24) is 10.2 Å². The van der Waals surface area contributed by atoms with E-state index in [9.17, 15) is 4.79 Å². The fourth-order valence-corrected chi connectivity index (χ4v) is 3.51. The van der Waals surface area contributed by atoms with E-state index in [1.54, 1.807) is 0 Å². The Morgan fingerprint density at radius 2 is 1.88 bits per heavy atom. The van der Waals surface area contributed by atoms with Gasteiger partial charge in [0.15, 0.2) is 11.5 Å². The van der Waals surface area contributed by atoms with Crippen molar-refractivity contribution >= 4 is 18.3 Å². The number of nitrogens with one attached hydrogen (secondary N) is 1. The van der Waals surface area contributed by atoms with Crippen molar-refractivity contribution in [3.63, 3.8) is 0 Å². The standard InChI is InChI=1S/C18H26N2O3.ClH/c1-20(2)18(10-6-3-7-11-18)13-19-17(21)16-12-22-14-8-4-5-9-15(14)23-16;/h4-5,8-9,16H,3,6-7,10-13H2,1-2H3,(H,19,21);1H. The molecule has 3 rings (SSSR count). The van der Waals surface area contributed by atoms with Crippen molar-refractivity contribution in [1.29, 1.82) is 0 Å². The number of halogens is 1. The van der Waals surface area contributed by atoms with Crippen molar-refractivity contribution in [2.75, 3.05) is 27.2 Å². The molecule has 6 heteroatoms. The molecule has 1 saturated carbocycles. The fraction of sp³-hybridized carbons (Fsp3) is 0.611. The second-order valence-electron chi connectivity index (χ2n) is 6.76. The molecule has 1 N–H and O–H groups in total. The molecule has 1 aromatic carbocycles. The Balaban J connectivity index is 0.00000208. The minimum absolute atomic E-state index is 0. The van der Waals surface area contributed by atoms with Crippen LogP contribution in [-0.4, -0.2) is 49.7 Å². The summed E-state index contributed by atoms with van der Waals surface area (Å²) < 4.78 is 11.4. The first-order valence-electron chi connectivity index (χ1n) is 8.44. The highest BCUT2D eigenvalue weighted by Gasteiger charge is 2.36.